The molecule has 0 bridgehead atoms. The molecule has 0 unspecified atom stereocenters. The number of hydrogen-bond donors (Lipinski definition) is 0. The smallest absolute Gasteiger partial charge is 0.0829 e. The van der Waals surface area contributed by atoms with Gasteiger partial charge in [-0.1, -0.05) is 33.9 Å². The molecule has 0 saturated carbocycles. The highest BCUT2D eigenvalue weighted by atomic mass is 28.3. The highest BCUT2D eigenvalue weighted by Gasteiger charge is 2.34. The monoisotopic (exact) mass is 173 g/mol. The molecular weight excluding hydrogens is 152 g/mol. The summed E-state index contributed by atoms with van der Waals surface area (Å²) in [7, 11) is -1.18. The third-order valence-corrected chi connectivity index (χ3v) is 7.59. The first kappa shape index (κ1) is 11.2. The number of hydrogen-bond acceptors (Lipinski definition) is 1. The van der Waals surface area contributed by atoms with Gasteiger partial charge < -0.3 is 4.74 Å². The van der Waals surface area contributed by atoms with E-state index in [1.165, 1.54) is 0 Å². The van der Waals surface area contributed by atoms with Crippen molar-refractivity contribution in [2.75, 3.05) is 6.23 Å². The SMILES string of the molecule is C[CH]OC[Si](C)(C)C(C)(C)C. The maximum Gasteiger partial charge on any atom is 0.0829 e. The van der Waals surface area contributed by atoms with Gasteiger partial charge in [0, 0.05) is 6.23 Å². The lowest BCUT2D eigenvalue weighted by Crippen LogP contribution is -2.42. The molecule has 1 radical (unpaired) electrons. The third kappa shape index (κ3) is 3.39. The van der Waals surface area contributed by atoms with Gasteiger partial charge in [0.05, 0.1) is 14.7 Å². The van der Waals surface area contributed by atoms with Crippen LogP contribution in [0.3, 0.4) is 0 Å². The molecule has 0 rings (SSSR count). The van der Waals surface area contributed by atoms with Crippen molar-refractivity contribution >= 4 is 8.07 Å². The predicted octanol–water partition coefficient (Wildman–Crippen LogP) is 3.23. The zero-order chi connectivity index (χ0) is 9.12. The van der Waals surface area contributed by atoms with E-state index in [9.17, 15) is 0 Å². The fourth-order valence-electron chi connectivity index (χ4n) is 0.508. The molecule has 0 aromatic rings. The first-order valence-corrected chi connectivity index (χ1v) is 7.41. The van der Waals surface area contributed by atoms with Gasteiger partial charge in [0.15, 0.2) is 0 Å². The summed E-state index contributed by atoms with van der Waals surface area (Å²) in [5.74, 6) is 0. The van der Waals surface area contributed by atoms with Crippen LogP contribution in [0, 0.1) is 6.61 Å². The van der Waals surface area contributed by atoms with Crippen molar-refractivity contribution in [3.63, 3.8) is 0 Å². The molecule has 0 atom stereocenters. The van der Waals surface area contributed by atoms with Gasteiger partial charge in [-0.2, -0.15) is 0 Å². The largest absolute Gasteiger partial charge is 0.379 e. The topological polar surface area (TPSA) is 9.23 Å². The van der Waals surface area contributed by atoms with Crippen LogP contribution in [0.25, 0.3) is 0 Å². The predicted molar refractivity (Wildman–Crippen MR) is 53.1 cm³/mol. The van der Waals surface area contributed by atoms with Gasteiger partial charge in [0.1, 0.15) is 0 Å². The van der Waals surface area contributed by atoms with Crippen LogP contribution in [-0.4, -0.2) is 14.3 Å². The molecule has 1 nitrogen and oxygen atoms in total. The standard InChI is InChI=1S/C9H21OSi/c1-7-10-8-11(5,6)9(2,3)4/h7H,8H2,1-6H3. The maximum absolute atomic E-state index is 5.36. The molecule has 0 aliphatic rings. The summed E-state index contributed by atoms with van der Waals surface area (Å²) < 4.78 is 5.36. The van der Waals surface area contributed by atoms with E-state index in [1.54, 1.807) is 6.61 Å². The van der Waals surface area contributed by atoms with Crippen LogP contribution in [0.4, 0.5) is 0 Å². The van der Waals surface area contributed by atoms with Crippen LogP contribution in [0.5, 0.6) is 0 Å². The first-order chi connectivity index (χ1) is 4.81. The minimum Gasteiger partial charge on any atom is -0.379 e. The average molecular weight is 173 g/mol. The second kappa shape index (κ2) is 3.72. The van der Waals surface area contributed by atoms with Crippen LogP contribution in [0.2, 0.25) is 18.1 Å². The quantitative estimate of drug-likeness (QED) is 0.595. The molecule has 0 aromatic heterocycles. The Morgan fingerprint density at radius 3 is 2.00 bits per heavy atom. The molecule has 0 heterocycles. The molecule has 0 N–H and O–H groups in total. The highest BCUT2D eigenvalue weighted by Crippen LogP contribution is 2.35. The Labute approximate surface area is 72.2 Å². The summed E-state index contributed by atoms with van der Waals surface area (Å²) in [5.41, 5.74) is 0. The summed E-state index contributed by atoms with van der Waals surface area (Å²) in [6.45, 7) is 15.4. The Balaban J connectivity index is 4.00. The fraction of sp³-hybridized carbons (Fsp3) is 0.889. The van der Waals surface area contributed by atoms with Crippen LogP contribution in [0.1, 0.15) is 27.7 Å². The van der Waals surface area contributed by atoms with Crippen molar-refractivity contribution in [2.45, 2.75) is 45.8 Å². The lowest BCUT2D eigenvalue weighted by atomic mass is 10.2. The van der Waals surface area contributed by atoms with Crippen molar-refractivity contribution in [3.05, 3.63) is 6.61 Å². The van der Waals surface area contributed by atoms with E-state index in [0.29, 0.717) is 5.04 Å². The molecule has 0 aliphatic carbocycles. The molecule has 2 heteroatoms. The Kier molecular flexibility index (Phi) is 3.78. The molecule has 0 spiro atoms. The molecular formula is C9H21OSi. The summed E-state index contributed by atoms with van der Waals surface area (Å²) >= 11 is 0. The van der Waals surface area contributed by atoms with Crippen LogP contribution < -0.4 is 0 Å². The zero-order valence-corrected chi connectivity index (χ0v) is 9.69. The van der Waals surface area contributed by atoms with E-state index in [0.717, 1.165) is 6.23 Å². The first-order valence-electron chi connectivity index (χ1n) is 4.21. The van der Waals surface area contributed by atoms with Crippen LogP contribution >= 0.6 is 0 Å². The van der Waals surface area contributed by atoms with Gasteiger partial charge in [0.25, 0.3) is 0 Å². The van der Waals surface area contributed by atoms with E-state index in [1.807, 2.05) is 6.92 Å². The Morgan fingerprint density at radius 1 is 1.27 bits per heavy atom. The molecule has 11 heavy (non-hydrogen) atoms. The molecule has 67 valence electrons. The second-order valence-corrected chi connectivity index (χ2v) is 10.2. The van der Waals surface area contributed by atoms with Crippen molar-refractivity contribution in [3.8, 4) is 0 Å². The molecule has 0 saturated heterocycles. The van der Waals surface area contributed by atoms with Gasteiger partial charge in [-0.05, 0) is 12.0 Å². The minimum atomic E-state index is -1.18. The lowest BCUT2D eigenvalue weighted by Gasteiger charge is -2.36. The fourth-order valence-corrected chi connectivity index (χ4v) is 1.52. The van der Waals surface area contributed by atoms with Crippen molar-refractivity contribution in [1.29, 1.82) is 0 Å². The van der Waals surface area contributed by atoms with E-state index >= 15 is 0 Å². The third-order valence-electron chi connectivity index (χ3n) is 2.64. The molecule has 0 aliphatic heterocycles. The normalized spacial score (nSPS) is 13.6. The molecule has 0 aromatic carbocycles. The second-order valence-electron chi connectivity index (χ2n) is 4.68. The molecule has 0 amide bonds. The maximum atomic E-state index is 5.36. The Hall–Kier alpha value is 0.177. The summed E-state index contributed by atoms with van der Waals surface area (Å²) in [6.07, 6.45) is 0.938. The van der Waals surface area contributed by atoms with Crippen LogP contribution in [0.15, 0.2) is 0 Å². The Morgan fingerprint density at radius 2 is 1.73 bits per heavy atom. The minimum absolute atomic E-state index is 0.440. The number of ether oxygens (including phenoxy) is 1. The van der Waals surface area contributed by atoms with Gasteiger partial charge in [-0.15, -0.1) is 0 Å². The molecule has 0 fully saturated rings. The lowest BCUT2D eigenvalue weighted by molar-refractivity contribution is 0.248. The van der Waals surface area contributed by atoms with Gasteiger partial charge >= 0.3 is 0 Å². The van der Waals surface area contributed by atoms with E-state index < -0.39 is 8.07 Å². The van der Waals surface area contributed by atoms with Crippen molar-refractivity contribution in [1.82, 2.24) is 0 Å². The highest BCUT2D eigenvalue weighted by molar-refractivity contribution is 6.80. The van der Waals surface area contributed by atoms with E-state index in [-0.39, 0.29) is 0 Å². The average Bonchev–Trinajstić information content (AvgIpc) is 1.81. The summed E-state index contributed by atoms with van der Waals surface area (Å²) in [4.78, 5) is 0. The van der Waals surface area contributed by atoms with E-state index in [4.69, 9.17) is 4.74 Å². The summed E-state index contributed by atoms with van der Waals surface area (Å²) in [6, 6.07) is 0. The summed E-state index contributed by atoms with van der Waals surface area (Å²) in [5, 5.41) is 0.440. The van der Waals surface area contributed by atoms with Gasteiger partial charge in [-0.25, -0.2) is 0 Å². The van der Waals surface area contributed by atoms with Crippen LogP contribution in [-0.2, 0) is 4.74 Å². The number of rotatable bonds is 3. The van der Waals surface area contributed by atoms with Crippen molar-refractivity contribution < 1.29 is 4.74 Å². The van der Waals surface area contributed by atoms with Gasteiger partial charge in [-0.3, -0.25) is 0 Å². The van der Waals surface area contributed by atoms with Gasteiger partial charge in [0.2, 0.25) is 0 Å². The van der Waals surface area contributed by atoms with E-state index in [2.05, 4.69) is 33.9 Å². The zero-order valence-electron chi connectivity index (χ0n) is 8.69. The van der Waals surface area contributed by atoms with Crippen molar-refractivity contribution in [2.24, 2.45) is 0 Å². The Bertz CT molecular complexity index is 113.